The second kappa shape index (κ2) is 8.16. The second-order valence-electron chi connectivity index (χ2n) is 7.99. The van der Waals surface area contributed by atoms with Crippen molar-refractivity contribution in [3.8, 4) is 17.3 Å². The topological polar surface area (TPSA) is 116 Å². The van der Waals surface area contributed by atoms with Gasteiger partial charge in [0.2, 0.25) is 0 Å². The summed E-state index contributed by atoms with van der Waals surface area (Å²) in [6, 6.07) is 10.4. The number of hydrogen-bond donors (Lipinski definition) is 2. The lowest BCUT2D eigenvalue weighted by molar-refractivity contribution is -0.156. The van der Waals surface area contributed by atoms with Crippen molar-refractivity contribution in [2.75, 3.05) is 21.3 Å². The monoisotopic (exact) mass is 439 g/mol. The molecule has 4 rings (SSSR count). The maximum absolute atomic E-state index is 13.6. The van der Waals surface area contributed by atoms with Crippen molar-refractivity contribution >= 4 is 5.97 Å². The SMILES string of the molecule is COC(=O)C1C(c2cc(OC)cc(OC)c2)c2c([nH]n(-c3ccccn3)c2=O)CC1(C)O. The lowest BCUT2D eigenvalue weighted by Gasteiger charge is -2.40. The number of esters is 1. The summed E-state index contributed by atoms with van der Waals surface area (Å²) >= 11 is 0. The average molecular weight is 439 g/mol. The molecule has 2 heterocycles. The fraction of sp³-hybridized carbons (Fsp3) is 0.348. The minimum absolute atomic E-state index is 0.0643. The normalized spacial score (nSPS) is 22.2. The smallest absolute Gasteiger partial charge is 0.312 e. The summed E-state index contributed by atoms with van der Waals surface area (Å²) in [6.45, 7) is 1.57. The molecule has 1 aliphatic carbocycles. The molecule has 0 bridgehead atoms. The first-order valence-corrected chi connectivity index (χ1v) is 10.1. The second-order valence-corrected chi connectivity index (χ2v) is 7.99. The Morgan fingerprint density at radius 3 is 2.44 bits per heavy atom. The highest BCUT2D eigenvalue weighted by Crippen LogP contribution is 2.46. The van der Waals surface area contributed by atoms with E-state index in [-0.39, 0.29) is 12.0 Å². The summed E-state index contributed by atoms with van der Waals surface area (Å²) in [7, 11) is 4.30. The van der Waals surface area contributed by atoms with E-state index in [4.69, 9.17) is 14.2 Å². The molecule has 3 atom stereocenters. The van der Waals surface area contributed by atoms with E-state index in [1.807, 2.05) is 0 Å². The van der Waals surface area contributed by atoms with Gasteiger partial charge in [-0.15, -0.1) is 0 Å². The Labute approximate surface area is 184 Å². The van der Waals surface area contributed by atoms with E-state index in [2.05, 4.69) is 10.1 Å². The molecular weight excluding hydrogens is 414 g/mol. The molecule has 0 saturated carbocycles. The third kappa shape index (κ3) is 3.54. The Morgan fingerprint density at radius 2 is 1.88 bits per heavy atom. The number of nitrogens with one attached hydrogen (secondary N) is 1. The molecule has 9 nitrogen and oxygen atoms in total. The van der Waals surface area contributed by atoms with Crippen molar-refractivity contribution in [1.82, 2.24) is 14.8 Å². The number of hydrogen-bond acceptors (Lipinski definition) is 7. The van der Waals surface area contributed by atoms with Crippen LogP contribution in [0.3, 0.4) is 0 Å². The molecule has 0 amide bonds. The highest BCUT2D eigenvalue weighted by atomic mass is 16.5. The molecule has 0 fully saturated rings. The molecule has 0 spiro atoms. The van der Waals surface area contributed by atoms with Crippen LogP contribution in [0.2, 0.25) is 0 Å². The van der Waals surface area contributed by atoms with Crippen LogP contribution in [0.25, 0.3) is 5.82 Å². The number of aromatic amines is 1. The van der Waals surface area contributed by atoms with Crippen molar-refractivity contribution in [3.63, 3.8) is 0 Å². The van der Waals surface area contributed by atoms with Crippen LogP contribution < -0.4 is 15.0 Å². The van der Waals surface area contributed by atoms with Crippen molar-refractivity contribution in [2.45, 2.75) is 24.9 Å². The van der Waals surface area contributed by atoms with E-state index < -0.39 is 23.4 Å². The number of ether oxygens (including phenoxy) is 3. The summed E-state index contributed by atoms with van der Waals surface area (Å²) in [5.41, 5.74) is -0.359. The number of aromatic nitrogens is 3. The quantitative estimate of drug-likeness (QED) is 0.583. The Morgan fingerprint density at radius 1 is 1.19 bits per heavy atom. The predicted molar refractivity (Wildman–Crippen MR) is 115 cm³/mol. The van der Waals surface area contributed by atoms with Gasteiger partial charge in [-0.05, 0) is 36.8 Å². The number of fused-ring (bicyclic) bond motifs is 1. The molecular formula is C23H25N3O6. The van der Waals surface area contributed by atoms with Crippen molar-refractivity contribution in [1.29, 1.82) is 0 Å². The number of carbonyl (C=O) groups is 1. The zero-order chi connectivity index (χ0) is 23.0. The van der Waals surface area contributed by atoms with E-state index >= 15 is 0 Å². The van der Waals surface area contributed by atoms with E-state index in [1.165, 1.54) is 26.0 Å². The van der Waals surface area contributed by atoms with Crippen molar-refractivity contribution in [2.24, 2.45) is 5.92 Å². The lowest BCUT2D eigenvalue weighted by Crippen LogP contribution is -2.50. The fourth-order valence-corrected chi connectivity index (χ4v) is 4.48. The zero-order valence-electron chi connectivity index (χ0n) is 18.3. The van der Waals surface area contributed by atoms with Gasteiger partial charge in [-0.25, -0.2) is 9.67 Å². The molecule has 168 valence electrons. The number of pyridine rings is 1. The molecule has 0 saturated heterocycles. The Kier molecular flexibility index (Phi) is 5.52. The third-order valence-corrected chi connectivity index (χ3v) is 5.92. The summed E-state index contributed by atoms with van der Waals surface area (Å²) in [5.74, 6) is -1.05. The molecule has 1 aromatic carbocycles. The number of H-pyrrole nitrogens is 1. The van der Waals surface area contributed by atoms with Gasteiger partial charge in [0.25, 0.3) is 5.56 Å². The van der Waals surface area contributed by atoms with E-state index in [9.17, 15) is 14.7 Å². The van der Waals surface area contributed by atoms with Gasteiger partial charge in [-0.2, -0.15) is 0 Å². The first kappa shape index (κ1) is 21.6. The standard InChI is InChI=1S/C23H25N3O6/c1-23(29)12-16-19(21(27)26(25-16)17-7-5-6-8-24-17)18(20(23)22(28)32-4)13-9-14(30-2)11-15(10-13)31-3/h5-11,18,20,25,29H,12H2,1-4H3. The molecule has 2 N–H and O–H groups in total. The van der Waals surface area contributed by atoms with Gasteiger partial charge in [0, 0.05) is 35.9 Å². The van der Waals surface area contributed by atoms with Gasteiger partial charge >= 0.3 is 5.97 Å². The van der Waals surface area contributed by atoms with Crippen LogP contribution >= 0.6 is 0 Å². The van der Waals surface area contributed by atoms with Gasteiger partial charge < -0.3 is 19.3 Å². The van der Waals surface area contributed by atoms with Crippen LogP contribution in [-0.2, 0) is 16.0 Å². The third-order valence-electron chi connectivity index (χ3n) is 5.92. The molecule has 2 aromatic heterocycles. The fourth-order valence-electron chi connectivity index (χ4n) is 4.48. The number of methoxy groups -OCH3 is 3. The van der Waals surface area contributed by atoms with E-state index in [1.54, 1.807) is 49.5 Å². The zero-order valence-corrected chi connectivity index (χ0v) is 18.3. The maximum Gasteiger partial charge on any atom is 0.312 e. The number of aliphatic hydroxyl groups is 1. The largest absolute Gasteiger partial charge is 0.497 e. The molecule has 9 heteroatoms. The van der Waals surface area contributed by atoms with Crippen LogP contribution in [0, 0.1) is 5.92 Å². The lowest BCUT2D eigenvalue weighted by atomic mass is 9.66. The van der Waals surface area contributed by atoms with Crippen LogP contribution in [0.15, 0.2) is 47.4 Å². The van der Waals surface area contributed by atoms with Gasteiger partial charge in [-0.1, -0.05) is 6.07 Å². The van der Waals surface area contributed by atoms with Crippen LogP contribution in [0.1, 0.15) is 29.7 Å². The van der Waals surface area contributed by atoms with E-state index in [0.717, 1.165) is 0 Å². The Bertz CT molecular complexity index is 1180. The minimum atomic E-state index is -1.49. The molecule has 3 unspecified atom stereocenters. The molecule has 32 heavy (non-hydrogen) atoms. The number of nitrogens with zero attached hydrogens (tertiary/aromatic N) is 2. The summed E-state index contributed by atoms with van der Waals surface area (Å²) in [6.07, 6.45) is 1.65. The van der Waals surface area contributed by atoms with Gasteiger partial charge in [0.05, 0.1) is 32.8 Å². The van der Waals surface area contributed by atoms with Gasteiger partial charge in [0.15, 0.2) is 5.82 Å². The van der Waals surface area contributed by atoms with Crippen molar-refractivity contribution < 1.29 is 24.1 Å². The molecule has 3 aromatic rings. The Balaban J connectivity index is 2.01. The van der Waals surface area contributed by atoms with Crippen molar-refractivity contribution in [3.05, 3.63) is 69.8 Å². The minimum Gasteiger partial charge on any atom is -0.497 e. The molecule has 0 radical (unpaired) electrons. The number of benzene rings is 1. The molecule has 0 aliphatic heterocycles. The summed E-state index contributed by atoms with van der Waals surface area (Å²) < 4.78 is 17.2. The first-order valence-electron chi connectivity index (χ1n) is 10.1. The summed E-state index contributed by atoms with van der Waals surface area (Å²) in [5, 5.41) is 14.4. The number of carbonyl (C=O) groups excluding carboxylic acids is 1. The first-order chi connectivity index (χ1) is 15.3. The number of rotatable bonds is 5. The highest BCUT2D eigenvalue weighted by molar-refractivity contribution is 5.77. The maximum atomic E-state index is 13.6. The van der Waals surface area contributed by atoms with E-state index in [0.29, 0.717) is 34.1 Å². The van der Waals surface area contributed by atoms with Crippen LogP contribution in [0.5, 0.6) is 11.5 Å². The predicted octanol–water partition coefficient (Wildman–Crippen LogP) is 1.81. The van der Waals surface area contributed by atoms with Gasteiger partial charge in [-0.3, -0.25) is 14.7 Å². The van der Waals surface area contributed by atoms with Crippen LogP contribution in [-0.4, -0.2) is 52.8 Å². The van der Waals surface area contributed by atoms with Gasteiger partial charge in [0.1, 0.15) is 11.5 Å². The Hall–Kier alpha value is -3.59. The summed E-state index contributed by atoms with van der Waals surface area (Å²) in [4.78, 5) is 30.7. The molecule has 1 aliphatic rings. The average Bonchev–Trinajstić information content (AvgIpc) is 3.12. The highest BCUT2D eigenvalue weighted by Gasteiger charge is 2.51. The van der Waals surface area contributed by atoms with Crippen LogP contribution in [0.4, 0.5) is 0 Å².